The zero-order chi connectivity index (χ0) is 15.5. The summed E-state index contributed by atoms with van der Waals surface area (Å²) in [7, 11) is 4.25. The number of nitrogens with zero attached hydrogens (tertiary/aromatic N) is 1. The molecule has 21 heavy (non-hydrogen) atoms. The molecule has 0 fully saturated rings. The highest BCUT2D eigenvalue weighted by molar-refractivity contribution is 5.41. The second-order valence-electron chi connectivity index (χ2n) is 6.81. The standard InChI is InChI=1S/C18H30N2O/c1-6-18(3)13-16(19-10-7-11-20(4)5)15-12-14(2)8-9-17(15)21-18/h8-9,12,16,19H,6-7,10-11,13H2,1-5H3. The van der Waals surface area contributed by atoms with Crippen molar-refractivity contribution in [1.82, 2.24) is 10.2 Å². The van der Waals surface area contributed by atoms with Crippen LogP contribution >= 0.6 is 0 Å². The van der Waals surface area contributed by atoms with Gasteiger partial charge in [0.2, 0.25) is 0 Å². The molecule has 0 saturated carbocycles. The van der Waals surface area contributed by atoms with Gasteiger partial charge in [-0.05, 0) is 59.9 Å². The fraction of sp³-hybridized carbons (Fsp3) is 0.667. The summed E-state index contributed by atoms with van der Waals surface area (Å²) in [4.78, 5) is 2.24. The molecule has 2 unspecified atom stereocenters. The van der Waals surface area contributed by atoms with E-state index < -0.39 is 0 Å². The number of aryl methyl sites for hydroxylation is 1. The fourth-order valence-corrected chi connectivity index (χ4v) is 2.95. The number of benzene rings is 1. The molecule has 0 spiro atoms. The Morgan fingerprint density at radius 1 is 1.38 bits per heavy atom. The molecule has 1 heterocycles. The van der Waals surface area contributed by atoms with E-state index in [0.29, 0.717) is 6.04 Å². The third-order valence-electron chi connectivity index (χ3n) is 4.45. The van der Waals surface area contributed by atoms with E-state index in [2.05, 4.69) is 63.3 Å². The lowest BCUT2D eigenvalue weighted by atomic mass is 9.86. The van der Waals surface area contributed by atoms with Crippen molar-refractivity contribution in [1.29, 1.82) is 0 Å². The van der Waals surface area contributed by atoms with E-state index in [-0.39, 0.29) is 5.60 Å². The smallest absolute Gasteiger partial charge is 0.124 e. The molecule has 118 valence electrons. The van der Waals surface area contributed by atoms with Crippen molar-refractivity contribution < 1.29 is 4.74 Å². The predicted molar refractivity (Wildman–Crippen MR) is 89.0 cm³/mol. The first-order valence-electron chi connectivity index (χ1n) is 8.11. The highest BCUT2D eigenvalue weighted by Gasteiger charge is 2.35. The number of rotatable bonds is 6. The second-order valence-corrected chi connectivity index (χ2v) is 6.81. The van der Waals surface area contributed by atoms with Crippen molar-refractivity contribution in [3.8, 4) is 5.75 Å². The molecule has 1 aromatic rings. The van der Waals surface area contributed by atoms with Gasteiger partial charge in [0, 0.05) is 18.0 Å². The average molecular weight is 290 g/mol. The Labute approximate surface area is 129 Å². The molecule has 3 nitrogen and oxygen atoms in total. The molecule has 2 rings (SSSR count). The largest absolute Gasteiger partial charge is 0.487 e. The van der Waals surface area contributed by atoms with Crippen LogP contribution in [0.1, 0.15) is 50.3 Å². The van der Waals surface area contributed by atoms with Crippen LogP contribution in [0.15, 0.2) is 18.2 Å². The lowest BCUT2D eigenvalue weighted by Crippen LogP contribution is -2.41. The van der Waals surface area contributed by atoms with Gasteiger partial charge in [-0.2, -0.15) is 0 Å². The minimum absolute atomic E-state index is 0.0541. The Balaban J connectivity index is 2.10. The van der Waals surface area contributed by atoms with Gasteiger partial charge < -0.3 is 15.0 Å². The SMILES string of the molecule is CCC1(C)CC(NCCCN(C)C)c2cc(C)ccc2O1. The summed E-state index contributed by atoms with van der Waals surface area (Å²) in [6, 6.07) is 6.95. The summed E-state index contributed by atoms with van der Waals surface area (Å²) in [6.07, 6.45) is 3.26. The third-order valence-corrected chi connectivity index (χ3v) is 4.45. The van der Waals surface area contributed by atoms with Crippen LogP contribution in [0.2, 0.25) is 0 Å². The summed E-state index contributed by atoms with van der Waals surface area (Å²) < 4.78 is 6.25. The van der Waals surface area contributed by atoms with Crippen LogP contribution in [-0.4, -0.2) is 37.7 Å². The van der Waals surface area contributed by atoms with Crippen LogP contribution in [0.25, 0.3) is 0 Å². The topological polar surface area (TPSA) is 24.5 Å². The Kier molecular flexibility index (Phi) is 5.28. The van der Waals surface area contributed by atoms with Gasteiger partial charge in [-0.3, -0.25) is 0 Å². The first kappa shape index (κ1) is 16.3. The average Bonchev–Trinajstić information content (AvgIpc) is 2.44. The summed E-state index contributed by atoms with van der Waals surface area (Å²) in [5.41, 5.74) is 2.57. The molecule has 1 aromatic carbocycles. The normalized spacial score (nSPS) is 24.8. The van der Waals surface area contributed by atoms with Crippen molar-refractivity contribution in [3.63, 3.8) is 0 Å². The maximum Gasteiger partial charge on any atom is 0.124 e. The Bertz CT molecular complexity index is 472. The highest BCUT2D eigenvalue weighted by atomic mass is 16.5. The second kappa shape index (κ2) is 6.80. The Morgan fingerprint density at radius 2 is 2.14 bits per heavy atom. The molecule has 0 aromatic heterocycles. The highest BCUT2D eigenvalue weighted by Crippen LogP contribution is 2.41. The minimum Gasteiger partial charge on any atom is -0.487 e. The van der Waals surface area contributed by atoms with Gasteiger partial charge in [-0.1, -0.05) is 24.6 Å². The summed E-state index contributed by atoms with van der Waals surface area (Å²) in [5.74, 6) is 1.06. The van der Waals surface area contributed by atoms with Gasteiger partial charge in [0.25, 0.3) is 0 Å². The van der Waals surface area contributed by atoms with Crippen LogP contribution in [0.5, 0.6) is 5.75 Å². The summed E-state index contributed by atoms with van der Waals surface area (Å²) in [5, 5.41) is 3.74. The first-order chi connectivity index (χ1) is 9.93. The van der Waals surface area contributed by atoms with Crippen molar-refractivity contribution in [3.05, 3.63) is 29.3 Å². The summed E-state index contributed by atoms with van der Waals surface area (Å²) >= 11 is 0. The lowest BCUT2D eigenvalue weighted by Gasteiger charge is -2.40. The van der Waals surface area contributed by atoms with Crippen LogP contribution in [0.4, 0.5) is 0 Å². The van der Waals surface area contributed by atoms with Crippen molar-refractivity contribution >= 4 is 0 Å². The molecule has 0 amide bonds. The first-order valence-corrected chi connectivity index (χ1v) is 8.11. The van der Waals surface area contributed by atoms with Gasteiger partial charge in [-0.25, -0.2) is 0 Å². The molecule has 0 bridgehead atoms. The quantitative estimate of drug-likeness (QED) is 0.811. The number of hydrogen-bond donors (Lipinski definition) is 1. The molecule has 0 aliphatic carbocycles. The number of nitrogens with one attached hydrogen (secondary N) is 1. The van der Waals surface area contributed by atoms with Crippen LogP contribution in [0, 0.1) is 6.92 Å². The molecular weight excluding hydrogens is 260 g/mol. The molecule has 1 N–H and O–H groups in total. The molecule has 0 radical (unpaired) electrons. The van der Waals surface area contributed by atoms with Gasteiger partial charge in [0.05, 0.1) is 0 Å². The zero-order valence-corrected chi connectivity index (χ0v) is 14.2. The van der Waals surface area contributed by atoms with Gasteiger partial charge in [0.15, 0.2) is 0 Å². The van der Waals surface area contributed by atoms with Gasteiger partial charge in [-0.15, -0.1) is 0 Å². The lowest BCUT2D eigenvalue weighted by molar-refractivity contribution is 0.0441. The molecular formula is C18H30N2O. The van der Waals surface area contributed by atoms with Crippen LogP contribution in [0.3, 0.4) is 0 Å². The Morgan fingerprint density at radius 3 is 2.81 bits per heavy atom. The van der Waals surface area contributed by atoms with Crippen molar-refractivity contribution in [2.45, 2.75) is 51.7 Å². The summed E-state index contributed by atoms with van der Waals surface area (Å²) in [6.45, 7) is 8.77. The van der Waals surface area contributed by atoms with Crippen LogP contribution < -0.4 is 10.1 Å². The maximum absolute atomic E-state index is 6.25. The van der Waals surface area contributed by atoms with E-state index in [4.69, 9.17) is 4.74 Å². The zero-order valence-electron chi connectivity index (χ0n) is 14.2. The fourth-order valence-electron chi connectivity index (χ4n) is 2.95. The number of hydrogen-bond acceptors (Lipinski definition) is 3. The molecule has 1 aliphatic rings. The third kappa shape index (κ3) is 4.21. The molecule has 0 saturated heterocycles. The number of ether oxygens (including phenoxy) is 1. The van der Waals surface area contributed by atoms with Crippen molar-refractivity contribution in [2.75, 3.05) is 27.2 Å². The van der Waals surface area contributed by atoms with E-state index in [1.807, 2.05) is 0 Å². The number of fused-ring (bicyclic) bond motifs is 1. The van der Waals surface area contributed by atoms with E-state index >= 15 is 0 Å². The predicted octanol–water partition coefficient (Wildman–Crippen LogP) is 3.53. The Hall–Kier alpha value is -1.06. The van der Waals surface area contributed by atoms with Gasteiger partial charge in [0.1, 0.15) is 11.4 Å². The monoisotopic (exact) mass is 290 g/mol. The van der Waals surface area contributed by atoms with E-state index in [1.165, 1.54) is 17.5 Å². The van der Waals surface area contributed by atoms with Crippen LogP contribution in [-0.2, 0) is 0 Å². The van der Waals surface area contributed by atoms with E-state index in [9.17, 15) is 0 Å². The van der Waals surface area contributed by atoms with E-state index in [1.54, 1.807) is 0 Å². The molecule has 2 atom stereocenters. The van der Waals surface area contributed by atoms with Gasteiger partial charge >= 0.3 is 0 Å². The molecule has 1 aliphatic heterocycles. The maximum atomic E-state index is 6.25. The van der Waals surface area contributed by atoms with Crippen molar-refractivity contribution in [2.24, 2.45) is 0 Å². The molecule has 3 heteroatoms. The van der Waals surface area contributed by atoms with E-state index in [0.717, 1.165) is 31.7 Å². The minimum atomic E-state index is -0.0541.